The van der Waals surface area contributed by atoms with Gasteiger partial charge in [0, 0.05) is 43.1 Å². The van der Waals surface area contributed by atoms with E-state index in [0.29, 0.717) is 17.9 Å². The van der Waals surface area contributed by atoms with E-state index in [2.05, 4.69) is 0 Å². The standard InChI is InChI=1S/C19H26ClN2O7P/c1-14(22(2)8-7-18(24)21-12-23)9-17(25-3)11-27-30-28-13-26-19(29-30)15-5-4-6-16(20)10-15/h4-8,10,12,14,17,19H,9,11,13H2,1-3H3,(H,21,23,24)/b8-7-. The van der Waals surface area contributed by atoms with Gasteiger partial charge in [0.05, 0.1) is 12.7 Å². The van der Waals surface area contributed by atoms with Gasteiger partial charge in [0.25, 0.3) is 5.91 Å². The van der Waals surface area contributed by atoms with Crippen molar-refractivity contribution in [3.8, 4) is 0 Å². The summed E-state index contributed by atoms with van der Waals surface area (Å²) in [6, 6.07) is 7.26. The number of rotatable bonds is 11. The van der Waals surface area contributed by atoms with Gasteiger partial charge in [-0.15, -0.1) is 0 Å². The van der Waals surface area contributed by atoms with Crippen LogP contribution in [0.3, 0.4) is 0 Å². The molecule has 0 spiro atoms. The van der Waals surface area contributed by atoms with Crippen molar-refractivity contribution in [1.29, 1.82) is 0 Å². The van der Waals surface area contributed by atoms with Crippen LogP contribution in [0.4, 0.5) is 0 Å². The number of benzene rings is 1. The molecular formula is C19H26ClN2O7P. The van der Waals surface area contributed by atoms with Gasteiger partial charge in [0.1, 0.15) is 0 Å². The average molecular weight is 461 g/mol. The molecule has 1 aliphatic heterocycles. The minimum atomic E-state index is -1.60. The molecule has 4 unspecified atom stereocenters. The Hall–Kier alpha value is -1.58. The van der Waals surface area contributed by atoms with Crippen LogP contribution in [-0.4, -0.2) is 56.9 Å². The summed E-state index contributed by atoms with van der Waals surface area (Å²) in [5.74, 6) is -0.485. The van der Waals surface area contributed by atoms with Gasteiger partial charge >= 0.3 is 8.60 Å². The maximum atomic E-state index is 11.3. The lowest BCUT2D eigenvalue weighted by Gasteiger charge is -2.30. The molecule has 1 saturated heterocycles. The van der Waals surface area contributed by atoms with Crippen LogP contribution in [0.15, 0.2) is 36.5 Å². The summed E-state index contributed by atoms with van der Waals surface area (Å²) in [5.41, 5.74) is 0.783. The highest BCUT2D eigenvalue weighted by molar-refractivity contribution is 7.41. The number of nitrogens with zero attached hydrogens (tertiary/aromatic N) is 1. The quantitative estimate of drug-likeness (QED) is 0.306. The Bertz CT molecular complexity index is 724. The molecule has 9 nitrogen and oxygen atoms in total. The number of halogens is 1. The van der Waals surface area contributed by atoms with Crippen molar-refractivity contribution < 1.29 is 32.6 Å². The van der Waals surface area contributed by atoms with E-state index in [9.17, 15) is 9.59 Å². The molecule has 0 aromatic heterocycles. The van der Waals surface area contributed by atoms with Crippen LogP contribution in [0.2, 0.25) is 5.02 Å². The van der Waals surface area contributed by atoms with E-state index in [1.165, 1.54) is 6.08 Å². The second kappa shape index (κ2) is 13.0. The summed E-state index contributed by atoms with van der Waals surface area (Å²) in [7, 11) is 1.82. The van der Waals surface area contributed by atoms with E-state index in [0.717, 1.165) is 5.56 Å². The number of carbonyl (C=O) groups excluding carboxylic acids is 2. The number of imide groups is 1. The fraction of sp³-hybridized carbons (Fsp3) is 0.474. The highest BCUT2D eigenvalue weighted by Gasteiger charge is 2.28. The number of nitrogens with one attached hydrogen (secondary N) is 1. The van der Waals surface area contributed by atoms with Gasteiger partial charge in [-0.3, -0.25) is 24.0 Å². The lowest BCUT2D eigenvalue weighted by molar-refractivity contribution is -0.178. The van der Waals surface area contributed by atoms with Crippen LogP contribution in [0.25, 0.3) is 0 Å². The summed E-state index contributed by atoms with van der Waals surface area (Å²) < 4.78 is 27.9. The van der Waals surface area contributed by atoms with Crippen molar-refractivity contribution in [1.82, 2.24) is 10.2 Å². The molecule has 0 saturated carbocycles. The van der Waals surface area contributed by atoms with E-state index in [1.807, 2.05) is 36.3 Å². The van der Waals surface area contributed by atoms with Gasteiger partial charge in [-0.05, 0) is 25.5 Å². The predicted octanol–water partition coefficient (Wildman–Crippen LogP) is 3.11. The van der Waals surface area contributed by atoms with Crippen LogP contribution in [0, 0.1) is 0 Å². The highest BCUT2D eigenvalue weighted by Crippen LogP contribution is 2.48. The van der Waals surface area contributed by atoms with Crippen molar-refractivity contribution in [3.05, 3.63) is 47.1 Å². The third-order valence-corrected chi connectivity index (χ3v) is 5.62. The molecule has 1 aromatic carbocycles. The van der Waals surface area contributed by atoms with Gasteiger partial charge in [-0.25, -0.2) is 0 Å². The van der Waals surface area contributed by atoms with Gasteiger partial charge < -0.3 is 18.9 Å². The number of hydrogen-bond acceptors (Lipinski definition) is 8. The first-order valence-electron chi connectivity index (χ1n) is 9.19. The lowest BCUT2D eigenvalue weighted by atomic mass is 10.1. The van der Waals surface area contributed by atoms with Crippen molar-refractivity contribution in [3.63, 3.8) is 0 Å². The van der Waals surface area contributed by atoms with Gasteiger partial charge in [-0.2, -0.15) is 0 Å². The molecule has 11 heteroatoms. The number of carbonyl (C=O) groups is 2. The maximum absolute atomic E-state index is 11.3. The van der Waals surface area contributed by atoms with Crippen LogP contribution < -0.4 is 5.32 Å². The second-order valence-electron chi connectivity index (χ2n) is 6.48. The summed E-state index contributed by atoms with van der Waals surface area (Å²) in [6.07, 6.45) is 3.02. The molecule has 0 aliphatic carbocycles. The molecule has 0 radical (unpaired) electrons. The van der Waals surface area contributed by atoms with E-state index in [4.69, 9.17) is 34.6 Å². The zero-order valence-corrected chi connectivity index (χ0v) is 18.7. The molecular weight excluding hydrogens is 435 g/mol. The normalized spacial score (nSPS) is 21.2. The fourth-order valence-electron chi connectivity index (χ4n) is 2.51. The van der Waals surface area contributed by atoms with Crippen LogP contribution >= 0.6 is 20.2 Å². The molecule has 2 amide bonds. The molecule has 1 N–H and O–H groups in total. The van der Waals surface area contributed by atoms with Crippen LogP contribution in [-0.2, 0) is 32.6 Å². The molecule has 1 heterocycles. The van der Waals surface area contributed by atoms with Crippen LogP contribution in [0.5, 0.6) is 0 Å². The molecule has 166 valence electrons. The number of methoxy groups -OCH3 is 1. The molecule has 1 aromatic rings. The van der Waals surface area contributed by atoms with Gasteiger partial charge in [0.15, 0.2) is 13.1 Å². The molecule has 1 fully saturated rings. The smallest absolute Gasteiger partial charge is 0.337 e. The predicted molar refractivity (Wildman–Crippen MR) is 111 cm³/mol. The Labute approximate surface area is 182 Å². The number of amides is 2. The molecule has 1 aliphatic rings. The Morgan fingerprint density at radius 1 is 1.50 bits per heavy atom. The average Bonchev–Trinajstić information content (AvgIpc) is 2.75. The van der Waals surface area contributed by atoms with E-state index in [-0.39, 0.29) is 25.5 Å². The minimum absolute atomic E-state index is 0.0438. The number of hydrogen-bond donors (Lipinski definition) is 1. The largest absolute Gasteiger partial charge is 0.379 e. The van der Waals surface area contributed by atoms with E-state index >= 15 is 0 Å². The Morgan fingerprint density at radius 2 is 2.30 bits per heavy atom. The number of ether oxygens (including phenoxy) is 2. The van der Waals surface area contributed by atoms with Gasteiger partial charge in [0.2, 0.25) is 6.41 Å². The first kappa shape index (κ1) is 24.7. The fourth-order valence-corrected chi connectivity index (χ4v) is 3.68. The third-order valence-electron chi connectivity index (χ3n) is 4.34. The second-order valence-corrected chi connectivity index (χ2v) is 8.09. The Balaban J connectivity index is 1.81. The van der Waals surface area contributed by atoms with Crippen molar-refractivity contribution in [2.75, 3.05) is 27.6 Å². The highest BCUT2D eigenvalue weighted by atomic mass is 35.5. The molecule has 4 atom stereocenters. The Morgan fingerprint density at radius 3 is 3.00 bits per heavy atom. The summed E-state index contributed by atoms with van der Waals surface area (Å²) >= 11 is 6.02. The Kier molecular flexibility index (Phi) is 10.7. The van der Waals surface area contributed by atoms with E-state index in [1.54, 1.807) is 25.4 Å². The third kappa shape index (κ3) is 8.28. The van der Waals surface area contributed by atoms with Crippen molar-refractivity contribution >= 4 is 32.5 Å². The summed E-state index contributed by atoms with van der Waals surface area (Å²) in [5, 5.41) is 2.64. The molecule has 2 rings (SSSR count). The maximum Gasteiger partial charge on any atom is 0.337 e. The zero-order chi connectivity index (χ0) is 21.9. The SMILES string of the molecule is COC(COP1OCOC(c2cccc(Cl)c2)O1)CC(C)N(C)/C=C\C(=O)NC=O. The minimum Gasteiger partial charge on any atom is -0.379 e. The molecule has 30 heavy (non-hydrogen) atoms. The monoisotopic (exact) mass is 460 g/mol. The lowest BCUT2D eigenvalue weighted by Crippen LogP contribution is -2.32. The van der Waals surface area contributed by atoms with E-state index < -0.39 is 20.8 Å². The topological polar surface area (TPSA) is 95.6 Å². The van der Waals surface area contributed by atoms with Crippen molar-refractivity contribution in [2.45, 2.75) is 31.8 Å². The molecule has 0 bridgehead atoms. The van der Waals surface area contributed by atoms with Gasteiger partial charge in [-0.1, -0.05) is 23.7 Å². The van der Waals surface area contributed by atoms with Crippen LogP contribution in [0.1, 0.15) is 25.2 Å². The first-order chi connectivity index (χ1) is 14.4. The van der Waals surface area contributed by atoms with Crippen molar-refractivity contribution in [2.24, 2.45) is 0 Å². The zero-order valence-electron chi connectivity index (χ0n) is 17.0. The summed E-state index contributed by atoms with van der Waals surface area (Å²) in [6.45, 7) is 2.29. The summed E-state index contributed by atoms with van der Waals surface area (Å²) in [4.78, 5) is 23.4. The first-order valence-corrected chi connectivity index (χ1v) is 10.7.